The lowest BCUT2D eigenvalue weighted by atomic mass is 9.93. The van der Waals surface area contributed by atoms with Crippen LogP contribution in [0.1, 0.15) is 26.7 Å². The summed E-state index contributed by atoms with van der Waals surface area (Å²) in [7, 11) is 0. The maximum atomic E-state index is 12.5. The van der Waals surface area contributed by atoms with Gasteiger partial charge in [-0.05, 0) is 24.7 Å². The Morgan fingerprint density at radius 1 is 1.16 bits per heavy atom. The van der Waals surface area contributed by atoms with Crippen LogP contribution in [0, 0.1) is 17.8 Å². The quantitative estimate of drug-likeness (QED) is 0.796. The van der Waals surface area contributed by atoms with Gasteiger partial charge in [0.05, 0.1) is 12.0 Å². The summed E-state index contributed by atoms with van der Waals surface area (Å²) in [4.78, 5) is 14.0. The minimum atomic E-state index is -4.16. The van der Waals surface area contributed by atoms with Crippen molar-refractivity contribution in [2.45, 2.75) is 38.9 Å². The molecule has 19 heavy (non-hydrogen) atoms. The van der Waals surface area contributed by atoms with E-state index in [1.807, 2.05) is 0 Å². The molecule has 1 amide bonds. The number of piperidine rings is 1. The maximum absolute atomic E-state index is 12.5. The molecule has 110 valence electrons. The Kier molecular flexibility index (Phi) is 4.08. The van der Waals surface area contributed by atoms with E-state index in [0.717, 1.165) is 13.1 Å². The Morgan fingerprint density at radius 2 is 1.74 bits per heavy atom. The third-order valence-electron chi connectivity index (χ3n) is 4.48. The molecule has 2 fully saturated rings. The summed E-state index contributed by atoms with van der Waals surface area (Å²) in [6, 6.07) is -0.434. The van der Waals surface area contributed by atoms with Crippen LogP contribution in [0.25, 0.3) is 0 Å². The van der Waals surface area contributed by atoms with Crippen LogP contribution in [-0.4, -0.2) is 42.7 Å². The molecule has 0 aromatic heterocycles. The standard InChI is InChI=1S/C13H21F3N2O/c1-8-6-18(7-9(8)2)12(19)11-4-3-10(5-17-11)13(14,15)16/h8-11,17H,3-7H2,1-2H3. The first-order valence-electron chi connectivity index (χ1n) is 6.88. The van der Waals surface area contributed by atoms with Crippen LogP contribution in [0.4, 0.5) is 13.2 Å². The van der Waals surface area contributed by atoms with Gasteiger partial charge in [-0.1, -0.05) is 13.8 Å². The second-order valence-electron chi connectivity index (χ2n) is 5.97. The lowest BCUT2D eigenvalue weighted by Crippen LogP contribution is -2.52. The van der Waals surface area contributed by atoms with Crippen molar-refractivity contribution in [1.82, 2.24) is 10.2 Å². The van der Waals surface area contributed by atoms with Crippen LogP contribution in [0.15, 0.2) is 0 Å². The number of rotatable bonds is 1. The molecular weight excluding hydrogens is 257 g/mol. The van der Waals surface area contributed by atoms with E-state index in [0.29, 0.717) is 11.8 Å². The molecule has 6 heteroatoms. The molecule has 1 N–H and O–H groups in total. The third kappa shape index (κ3) is 3.22. The number of carbonyl (C=O) groups excluding carboxylic acids is 1. The highest BCUT2D eigenvalue weighted by Crippen LogP contribution is 2.32. The molecule has 0 spiro atoms. The summed E-state index contributed by atoms with van der Waals surface area (Å²) < 4.78 is 37.6. The van der Waals surface area contributed by atoms with E-state index in [4.69, 9.17) is 0 Å². The highest BCUT2D eigenvalue weighted by molar-refractivity contribution is 5.82. The van der Waals surface area contributed by atoms with Crippen LogP contribution >= 0.6 is 0 Å². The van der Waals surface area contributed by atoms with Gasteiger partial charge in [0, 0.05) is 19.6 Å². The van der Waals surface area contributed by atoms with Gasteiger partial charge in [0.15, 0.2) is 0 Å². The van der Waals surface area contributed by atoms with Crippen LogP contribution in [0.5, 0.6) is 0 Å². The molecule has 0 radical (unpaired) electrons. The van der Waals surface area contributed by atoms with Crippen molar-refractivity contribution in [3.8, 4) is 0 Å². The van der Waals surface area contributed by atoms with Gasteiger partial charge < -0.3 is 10.2 Å². The summed E-state index contributed by atoms with van der Waals surface area (Å²) >= 11 is 0. The maximum Gasteiger partial charge on any atom is 0.393 e. The molecule has 2 aliphatic rings. The molecular formula is C13H21F3N2O. The number of hydrogen-bond acceptors (Lipinski definition) is 2. The number of nitrogens with zero attached hydrogens (tertiary/aromatic N) is 1. The normalized spacial score (nSPS) is 36.6. The van der Waals surface area contributed by atoms with Gasteiger partial charge in [0.1, 0.15) is 0 Å². The van der Waals surface area contributed by atoms with Crippen molar-refractivity contribution < 1.29 is 18.0 Å². The highest BCUT2D eigenvalue weighted by atomic mass is 19.4. The number of halogens is 3. The first-order valence-corrected chi connectivity index (χ1v) is 6.88. The molecule has 0 aromatic carbocycles. The Bertz CT molecular complexity index is 327. The minimum Gasteiger partial charge on any atom is -0.341 e. The zero-order valence-electron chi connectivity index (χ0n) is 11.3. The van der Waals surface area contributed by atoms with Crippen molar-refractivity contribution in [3.05, 3.63) is 0 Å². The zero-order chi connectivity index (χ0) is 14.2. The average Bonchev–Trinajstić information content (AvgIpc) is 2.68. The predicted octanol–water partition coefficient (Wildman–Crippen LogP) is 2.03. The number of nitrogens with one attached hydrogen (secondary N) is 1. The third-order valence-corrected chi connectivity index (χ3v) is 4.48. The highest BCUT2D eigenvalue weighted by Gasteiger charge is 2.43. The van der Waals surface area contributed by atoms with Crippen molar-refractivity contribution in [3.63, 3.8) is 0 Å². The lowest BCUT2D eigenvalue weighted by molar-refractivity contribution is -0.180. The van der Waals surface area contributed by atoms with E-state index >= 15 is 0 Å². The number of likely N-dealkylation sites (tertiary alicyclic amines) is 1. The summed E-state index contributed by atoms with van der Waals surface area (Å²) in [5, 5.41) is 2.77. The Balaban J connectivity index is 1.86. The summed E-state index contributed by atoms with van der Waals surface area (Å²) in [5.74, 6) is -0.407. The number of carbonyl (C=O) groups is 1. The Labute approximate surface area is 111 Å². The van der Waals surface area contributed by atoms with Crippen LogP contribution < -0.4 is 5.32 Å². The fourth-order valence-corrected chi connectivity index (χ4v) is 2.88. The number of amides is 1. The van der Waals surface area contributed by atoms with E-state index in [1.165, 1.54) is 0 Å². The second-order valence-corrected chi connectivity index (χ2v) is 5.97. The molecule has 2 saturated heterocycles. The van der Waals surface area contributed by atoms with Crippen LogP contribution in [-0.2, 0) is 4.79 Å². The predicted molar refractivity (Wildman–Crippen MR) is 65.5 cm³/mol. The van der Waals surface area contributed by atoms with Crippen LogP contribution in [0.3, 0.4) is 0 Å². The van der Waals surface area contributed by atoms with Gasteiger partial charge in [-0.3, -0.25) is 4.79 Å². The van der Waals surface area contributed by atoms with Gasteiger partial charge in [-0.25, -0.2) is 0 Å². The molecule has 0 aliphatic carbocycles. The van der Waals surface area contributed by atoms with E-state index in [9.17, 15) is 18.0 Å². The van der Waals surface area contributed by atoms with Gasteiger partial charge in [0.25, 0.3) is 0 Å². The molecule has 0 saturated carbocycles. The SMILES string of the molecule is CC1CN(C(=O)C2CCC(C(F)(F)F)CN2)CC1C. The molecule has 4 atom stereocenters. The van der Waals surface area contributed by atoms with E-state index in [-0.39, 0.29) is 25.3 Å². The van der Waals surface area contributed by atoms with Gasteiger partial charge in [0.2, 0.25) is 5.91 Å². The molecule has 0 bridgehead atoms. The van der Waals surface area contributed by atoms with E-state index < -0.39 is 18.1 Å². The molecule has 2 aliphatic heterocycles. The van der Waals surface area contributed by atoms with Crippen molar-refractivity contribution in [2.75, 3.05) is 19.6 Å². The van der Waals surface area contributed by atoms with Gasteiger partial charge in [-0.2, -0.15) is 13.2 Å². The van der Waals surface area contributed by atoms with Crippen molar-refractivity contribution in [1.29, 1.82) is 0 Å². The van der Waals surface area contributed by atoms with E-state index in [1.54, 1.807) is 4.90 Å². The minimum absolute atomic E-state index is 0.0307. The molecule has 0 aromatic rings. The second kappa shape index (κ2) is 5.31. The van der Waals surface area contributed by atoms with Gasteiger partial charge in [-0.15, -0.1) is 0 Å². The number of alkyl halides is 3. The van der Waals surface area contributed by atoms with E-state index in [2.05, 4.69) is 19.2 Å². The number of hydrogen-bond donors (Lipinski definition) is 1. The lowest BCUT2D eigenvalue weighted by Gasteiger charge is -2.32. The van der Waals surface area contributed by atoms with Crippen molar-refractivity contribution >= 4 is 5.91 Å². The Hall–Kier alpha value is -0.780. The summed E-state index contributed by atoms with van der Waals surface area (Å²) in [6.45, 7) is 5.51. The monoisotopic (exact) mass is 278 g/mol. The average molecular weight is 278 g/mol. The Morgan fingerprint density at radius 3 is 2.16 bits per heavy atom. The first kappa shape index (κ1) is 14.6. The zero-order valence-corrected chi connectivity index (χ0v) is 11.3. The topological polar surface area (TPSA) is 32.3 Å². The molecule has 2 rings (SSSR count). The largest absolute Gasteiger partial charge is 0.393 e. The fourth-order valence-electron chi connectivity index (χ4n) is 2.88. The first-order chi connectivity index (χ1) is 8.79. The molecule has 2 heterocycles. The van der Waals surface area contributed by atoms with Gasteiger partial charge >= 0.3 is 6.18 Å². The summed E-state index contributed by atoms with van der Waals surface area (Å²) in [6.07, 6.45) is -3.83. The smallest absolute Gasteiger partial charge is 0.341 e. The van der Waals surface area contributed by atoms with Crippen molar-refractivity contribution in [2.24, 2.45) is 17.8 Å². The molecule has 4 unspecified atom stereocenters. The van der Waals surface area contributed by atoms with Crippen LogP contribution in [0.2, 0.25) is 0 Å². The fraction of sp³-hybridized carbons (Fsp3) is 0.923. The summed E-state index contributed by atoms with van der Waals surface area (Å²) in [5.41, 5.74) is 0. The molecule has 3 nitrogen and oxygen atoms in total.